The molecule has 0 aliphatic heterocycles. The second kappa shape index (κ2) is 15.1. The van der Waals surface area contributed by atoms with Gasteiger partial charge in [-0.3, -0.25) is 0 Å². The lowest BCUT2D eigenvalue weighted by molar-refractivity contribution is 0.669. The molecule has 0 N–H and O–H groups in total. The molecule has 0 atom stereocenters. The predicted octanol–water partition coefficient (Wildman–Crippen LogP) is 17.3. The molecule has 3 heteroatoms. The van der Waals surface area contributed by atoms with Crippen LogP contribution < -0.4 is 4.90 Å². The molecule has 1 aliphatic rings. The van der Waals surface area contributed by atoms with E-state index in [-0.39, 0.29) is 0 Å². The van der Waals surface area contributed by atoms with Gasteiger partial charge in [-0.15, -0.1) is 0 Å². The fourth-order valence-corrected chi connectivity index (χ4v) is 11.4. The lowest BCUT2D eigenvalue weighted by Gasteiger charge is -2.34. The van der Waals surface area contributed by atoms with Crippen molar-refractivity contribution in [3.05, 3.63) is 277 Å². The number of para-hydroxylation sites is 1. The van der Waals surface area contributed by atoms with Gasteiger partial charge >= 0.3 is 0 Å². The SMILES string of the molecule is c1ccc(-c2ccc(N(c3ccc4c(c3)oc3cc5ccccc5cc34)c3ccc4c(c3)c3cc(C5(c6ccccc6)c6ccccc6-c6ccccc65)ccc3n4-c3ccccc3)cc2)cc1. The molecular formula is C65H42N2O. The Bertz CT molecular complexity index is 4030. The summed E-state index contributed by atoms with van der Waals surface area (Å²) in [6.07, 6.45) is 0. The van der Waals surface area contributed by atoms with E-state index in [1.165, 1.54) is 66.1 Å². The number of benzene rings is 11. The van der Waals surface area contributed by atoms with Gasteiger partial charge in [0.25, 0.3) is 0 Å². The van der Waals surface area contributed by atoms with Crippen LogP contribution in [-0.2, 0) is 5.41 Å². The standard InChI is InChI=1S/C65H42N2O/c1-4-16-43(17-5-1)44-28-31-50(32-29-44)66(52-33-35-55-58-38-45-18-10-11-19-46(45)39-63(58)68-64(55)42-52)51-34-37-62-57(41-51)56-40-48(30-36-61(56)67(62)49-22-8-3-9-23-49)65(47-20-6-2-7-21-47)59-26-14-12-24-53(59)54-25-13-15-27-60(54)65/h1-42H. The molecule has 0 amide bonds. The molecule has 3 nitrogen and oxygen atoms in total. The van der Waals surface area contributed by atoms with E-state index in [0.717, 1.165) is 55.7 Å². The average Bonchev–Trinajstić information content (AvgIpc) is 4.04. The summed E-state index contributed by atoms with van der Waals surface area (Å²) in [4.78, 5) is 2.38. The van der Waals surface area contributed by atoms with Gasteiger partial charge in [-0.1, -0.05) is 170 Å². The van der Waals surface area contributed by atoms with Gasteiger partial charge in [0.1, 0.15) is 11.2 Å². The molecule has 0 radical (unpaired) electrons. The van der Waals surface area contributed by atoms with Crippen molar-refractivity contribution in [1.29, 1.82) is 0 Å². The molecule has 0 bridgehead atoms. The Morgan fingerprint density at radius 3 is 1.59 bits per heavy atom. The largest absolute Gasteiger partial charge is 0.456 e. The molecule has 0 unspecified atom stereocenters. The van der Waals surface area contributed by atoms with Crippen LogP contribution in [0.5, 0.6) is 0 Å². The summed E-state index contributed by atoms with van der Waals surface area (Å²) < 4.78 is 9.13. The van der Waals surface area contributed by atoms with E-state index in [2.05, 4.69) is 264 Å². The highest BCUT2D eigenvalue weighted by molar-refractivity contribution is 6.13. The van der Waals surface area contributed by atoms with E-state index in [1.54, 1.807) is 0 Å². The van der Waals surface area contributed by atoms with Crippen LogP contribution in [0.1, 0.15) is 22.3 Å². The van der Waals surface area contributed by atoms with Crippen molar-refractivity contribution in [2.24, 2.45) is 0 Å². The van der Waals surface area contributed by atoms with Crippen LogP contribution in [-0.4, -0.2) is 4.57 Å². The number of hydrogen-bond acceptors (Lipinski definition) is 2. The summed E-state index contributed by atoms with van der Waals surface area (Å²) >= 11 is 0. The fraction of sp³-hybridized carbons (Fsp3) is 0.0154. The second-order valence-electron chi connectivity index (χ2n) is 18.0. The second-order valence-corrected chi connectivity index (χ2v) is 18.0. The first-order chi connectivity index (χ1) is 33.7. The number of nitrogens with zero attached hydrogens (tertiary/aromatic N) is 2. The first kappa shape index (κ1) is 38.4. The molecule has 2 heterocycles. The third-order valence-electron chi connectivity index (χ3n) is 14.4. The number of rotatable bonds is 7. The van der Waals surface area contributed by atoms with Crippen LogP contribution in [0.25, 0.3) is 82.5 Å². The topological polar surface area (TPSA) is 21.3 Å². The predicted molar refractivity (Wildman–Crippen MR) is 283 cm³/mol. The molecule has 318 valence electrons. The number of furan rings is 1. The molecule has 68 heavy (non-hydrogen) atoms. The normalized spacial score (nSPS) is 12.8. The van der Waals surface area contributed by atoms with Crippen molar-refractivity contribution >= 4 is 71.6 Å². The highest BCUT2D eigenvalue weighted by Gasteiger charge is 2.46. The van der Waals surface area contributed by atoms with Gasteiger partial charge in [-0.25, -0.2) is 0 Å². The highest BCUT2D eigenvalue weighted by Crippen LogP contribution is 2.56. The Kier molecular flexibility index (Phi) is 8.50. The molecule has 0 saturated heterocycles. The number of aromatic nitrogens is 1. The summed E-state index contributed by atoms with van der Waals surface area (Å²) in [5.41, 5.74) is 17.8. The summed E-state index contributed by atoms with van der Waals surface area (Å²) in [7, 11) is 0. The molecule has 11 aromatic carbocycles. The Morgan fingerprint density at radius 2 is 0.868 bits per heavy atom. The average molecular weight is 867 g/mol. The van der Waals surface area contributed by atoms with E-state index in [0.29, 0.717) is 0 Å². The summed E-state index contributed by atoms with van der Waals surface area (Å²) in [5, 5.41) is 6.96. The molecule has 0 fully saturated rings. The number of hydrogen-bond donors (Lipinski definition) is 0. The van der Waals surface area contributed by atoms with Crippen LogP contribution in [0.2, 0.25) is 0 Å². The van der Waals surface area contributed by atoms with Crippen molar-refractivity contribution in [2.45, 2.75) is 5.41 Å². The maximum Gasteiger partial charge on any atom is 0.137 e. The lowest BCUT2D eigenvalue weighted by atomic mass is 9.67. The van der Waals surface area contributed by atoms with Gasteiger partial charge in [0.05, 0.1) is 16.4 Å². The van der Waals surface area contributed by atoms with Crippen LogP contribution in [0.3, 0.4) is 0 Å². The van der Waals surface area contributed by atoms with Crippen molar-refractivity contribution < 1.29 is 4.42 Å². The molecule has 1 aliphatic carbocycles. The van der Waals surface area contributed by atoms with Gasteiger partial charge in [-0.05, 0) is 134 Å². The van der Waals surface area contributed by atoms with Crippen molar-refractivity contribution in [1.82, 2.24) is 4.57 Å². The van der Waals surface area contributed by atoms with Crippen molar-refractivity contribution in [3.8, 4) is 27.9 Å². The van der Waals surface area contributed by atoms with Crippen LogP contribution in [0.4, 0.5) is 17.1 Å². The summed E-state index contributed by atoms with van der Waals surface area (Å²) in [6.45, 7) is 0. The minimum atomic E-state index is -0.526. The van der Waals surface area contributed by atoms with E-state index in [9.17, 15) is 0 Å². The van der Waals surface area contributed by atoms with Gasteiger partial charge in [0.15, 0.2) is 0 Å². The Hall–Kier alpha value is -8.92. The van der Waals surface area contributed by atoms with Crippen molar-refractivity contribution in [3.63, 3.8) is 0 Å². The van der Waals surface area contributed by atoms with Crippen molar-refractivity contribution in [2.75, 3.05) is 4.90 Å². The Morgan fingerprint density at radius 1 is 0.338 bits per heavy atom. The van der Waals surface area contributed by atoms with E-state index in [4.69, 9.17) is 4.42 Å². The first-order valence-corrected chi connectivity index (χ1v) is 23.4. The molecule has 0 saturated carbocycles. The van der Waals surface area contributed by atoms with Gasteiger partial charge in [-0.2, -0.15) is 0 Å². The van der Waals surface area contributed by atoms with E-state index >= 15 is 0 Å². The zero-order valence-electron chi connectivity index (χ0n) is 37.1. The quantitative estimate of drug-likeness (QED) is 0.159. The molecule has 0 spiro atoms. The molecule has 14 rings (SSSR count). The van der Waals surface area contributed by atoms with Crippen LogP contribution >= 0.6 is 0 Å². The Labute approximate surface area is 394 Å². The zero-order valence-corrected chi connectivity index (χ0v) is 37.1. The molecular weight excluding hydrogens is 825 g/mol. The van der Waals surface area contributed by atoms with Crippen LogP contribution in [0.15, 0.2) is 259 Å². The van der Waals surface area contributed by atoms with Gasteiger partial charge in [0, 0.05) is 50.4 Å². The Balaban J connectivity index is 1.02. The fourth-order valence-electron chi connectivity index (χ4n) is 11.4. The van der Waals surface area contributed by atoms with E-state index in [1.807, 2.05) is 0 Å². The summed E-state index contributed by atoms with van der Waals surface area (Å²) in [5.74, 6) is 0. The van der Waals surface area contributed by atoms with E-state index < -0.39 is 5.41 Å². The highest BCUT2D eigenvalue weighted by atomic mass is 16.3. The van der Waals surface area contributed by atoms with Gasteiger partial charge < -0.3 is 13.9 Å². The lowest BCUT2D eigenvalue weighted by Crippen LogP contribution is -2.28. The maximum atomic E-state index is 6.71. The monoisotopic (exact) mass is 866 g/mol. The molecule has 2 aromatic heterocycles. The first-order valence-electron chi connectivity index (χ1n) is 23.4. The minimum Gasteiger partial charge on any atom is -0.456 e. The zero-order chi connectivity index (χ0) is 44.8. The minimum absolute atomic E-state index is 0.526. The molecule has 13 aromatic rings. The maximum absolute atomic E-state index is 6.71. The smallest absolute Gasteiger partial charge is 0.137 e. The third-order valence-corrected chi connectivity index (χ3v) is 14.4. The summed E-state index contributed by atoms with van der Waals surface area (Å²) in [6, 6.07) is 93.1. The third kappa shape index (κ3) is 5.72. The van der Waals surface area contributed by atoms with Crippen LogP contribution in [0, 0.1) is 0 Å². The number of fused-ring (bicyclic) bond motifs is 10. The van der Waals surface area contributed by atoms with Gasteiger partial charge in [0.2, 0.25) is 0 Å². The number of anilines is 3.